The molecule has 0 saturated heterocycles. The predicted octanol–water partition coefficient (Wildman–Crippen LogP) is 1.50. The minimum absolute atomic E-state index is 0.205. The minimum Gasteiger partial charge on any atom is -0.376 e. The molecule has 1 heterocycles. The fourth-order valence-electron chi connectivity index (χ4n) is 1.70. The number of hydrogen-bond acceptors (Lipinski definition) is 4. The molecule has 5 heteroatoms. The van der Waals surface area contributed by atoms with Crippen molar-refractivity contribution in [1.29, 1.82) is 0 Å². The largest absolute Gasteiger partial charge is 0.376 e. The van der Waals surface area contributed by atoms with E-state index in [1.165, 1.54) is 0 Å². The topological polar surface area (TPSA) is 66.0 Å². The van der Waals surface area contributed by atoms with Crippen molar-refractivity contribution in [3.63, 3.8) is 0 Å². The molecule has 0 fully saturated rings. The van der Waals surface area contributed by atoms with Crippen LogP contribution in [0.2, 0.25) is 0 Å². The van der Waals surface area contributed by atoms with Gasteiger partial charge in [-0.15, -0.1) is 5.10 Å². The summed E-state index contributed by atoms with van der Waals surface area (Å²) in [6, 6.07) is -0.205. The Kier molecular flexibility index (Phi) is 4.44. The summed E-state index contributed by atoms with van der Waals surface area (Å²) in [4.78, 5) is 0. The van der Waals surface area contributed by atoms with E-state index in [0.29, 0.717) is 0 Å². The normalized spacial score (nSPS) is 17.1. The Morgan fingerprint density at radius 2 is 2.25 bits per heavy atom. The fraction of sp³-hybridized carbons (Fsp3) is 0.818. The van der Waals surface area contributed by atoms with Crippen molar-refractivity contribution in [2.24, 2.45) is 5.73 Å². The number of ether oxygens (including phenoxy) is 1. The van der Waals surface area contributed by atoms with Crippen LogP contribution in [0.15, 0.2) is 6.20 Å². The highest BCUT2D eigenvalue weighted by Crippen LogP contribution is 2.28. The van der Waals surface area contributed by atoms with Gasteiger partial charge in [0.2, 0.25) is 0 Å². The van der Waals surface area contributed by atoms with E-state index in [1.807, 2.05) is 11.6 Å². The zero-order valence-corrected chi connectivity index (χ0v) is 10.6. The molecule has 16 heavy (non-hydrogen) atoms. The standard InChI is InChI=1S/C11H22N4O/c1-5-7-15-9(8-13-14-15)10(12)11(3,6-2)16-4/h8,10H,5-7,12H2,1-4H3. The highest BCUT2D eigenvalue weighted by molar-refractivity contribution is 5.08. The number of nitrogens with zero attached hydrogens (tertiary/aromatic N) is 3. The van der Waals surface area contributed by atoms with Crippen LogP contribution in [-0.4, -0.2) is 27.7 Å². The van der Waals surface area contributed by atoms with Crippen LogP contribution in [0.25, 0.3) is 0 Å². The summed E-state index contributed by atoms with van der Waals surface area (Å²) in [6.07, 6.45) is 3.59. The van der Waals surface area contributed by atoms with Gasteiger partial charge in [-0.1, -0.05) is 19.1 Å². The Hall–Kier alpha value is -0.940. The maximum Gasteiger partial charge on any atom is 0.0855 e. The Morgan fingerprint density at radius 3 is 2.75 bits per heavy atom. The molecule has 1 aromatic heterocycles. The molecule has 92 valence electrons. The Morgan fingerprint density at radius 1 is 1.56 bits per heavy atom. The lowest BCUT2D eigenvalue weighted by Crippen LogP contribution is -2.40. The molecule has 0 spiro atoms. The van der Waals surface area contributed by atoms with Crippen molar-refractivity contribution in [1.82, 2.24) is 15.0 Å². The van der Waals surface area contributed by atoms with Crippen molar-refractivity contribution in [3.05, 3.63) is 11.9 Å². The number of rotatable bonds is 6. The van der Waals surface area contributed by atoms with E-state index < -0.39 is 0 Å². The third-order valence-electron chi connectivity index (χ3n) is 3.23. The van der Waals surface area contributed by atoms with E-state index in [-0.39, 0.29) is 11.6 Å². The van der Waals surface area contributed by atoms with Gasteiger partial charge in [0.15, 0.2) is 0 Å². The lowest BCUT2D eigenvalue weighted by molar-refractivity contribution is -0.0215. The van der Waals surface area contributed by atoms with Gasteiger partial charge in [0.05, 0.1) is 23.5 Å². The van der Waals surface area contributed by atoms with Crippen molar-refractivity contribution in [2.75, 3.05) is 7.11 Å². The minimum atomic E-state index is -0.368. The third-order valence-corrected chi connectivity index (χ3v) is 3.23. The van der Waals surface area contributed by atoms with Crippen LogP contribution in [0.5, 0.6) is 0 Å². The summed E-state index contributed by atoms with van der Waals surface area (Å²) < 4.78 is 7.37. The van der Waals surface area contributed by atoms with Gasteiger partial charge in [-0.2, -0.15) is 0 Å². The lowest BCUT2D eigenvalue weighted by atomic mass is 9.91. The molecular formula is C11H22N4O. The van der Waals surface area contributed by atoms with Gasteiger partial charge in [-0.25, -0.2) is 4.68 Å². The van der Waals surface area contributed by atoms with Crippen molar-refractivity contribution >= 4 is 0 Å². The van der Waals surface area contributed by atoms with Crippen LogP contribution in [0.4, 0.5) is 0 Å². The summed E-state index contributed by atoms with van der Waals surface area (Å²) >= 11 is 0. The van der Waals surface area contributed by atoms with Crippen LogP contribution in [0.1, 0.15) is 45.3 Å². The summed E-state index contributed by atoms with van der Waals surface area (Å²) in [5.74, 6) is 0. The molecule has 0 radical (unpaired) electrons. The molecule has 0 aliphatic heterocycles. The van der Waals surface area contributed by atoms with E-state index in [4.69, 9.17) is 10.5 Å². The molecule has 0 aliphatic rings. The molecule has 5 nitrogen and oxygen atoms in total. The molecule has 1 rings (SSSR count). The maximum absolute atomic E-state index is 6.24. The monoisotopic (exact) mass is 226 g/mol. The summed E-state index contributed by atoms with van der Waals surface area (Å²) in [6.45, 7) is 7.02. The average molecular weight is 226 g/mol. The van der Waals surface area contributed by atoms with Gasteiger partial charge in [0, 0.05) is 13.7 Å². The molecular weight excluding hydrogens is 204 g/mol. The fourth-order valence-corrected chi connectivity index (χ4v) is 1.70. The molecule has 0 aliphatic carbocycles. The van der Waals surface area contributed by atoms with Crippen LogP contribution >= 0.6 is 0 Å². The smallest absolute Gasteiger partial charge is 0.0855 e. The van der Waals surface area contributed by atoms with Gasteiger partial charge in [-0.3, -0.25) is 0 Å². The first-order valence-corrected chi connectivity index (χ1v) is 5.78. The molecule has 0 amide bonds. The molecule has 0 aromatic carbocycles. The second-order valence-corrected chi connectivity index (χ2v) is 4.23. The van der Waals surface area contributed by atoms with Crippen molar-refractivity contribution in [2.45, 2.75) is 51.8 Å². The molecule has 2 N–H and O–H groups in total. The molecule has 2 atom stereocenters. The first-order chi connectivity index (χ1) is 7.59. The summed E-state index contributed by atoms with van der Waals surface area (Å²) in [7, 11) is 1.69. The van der Waals surface area contributed by atoms with Gasteiger partial charge < -0.3 is 10.5 Å². The highest BCUT2D eigenvalue weighted by Gasteiger charge is 2.33. The second kappa shape index (κ2) is 5.41. The number of aryl methyl sites for hydroxylation is 1. The van der Waals surface area contributed by atoms with Crippen LogP contribution < -0.4 is 5.73 Å². The second-order valence-electron chi connectivity index (χ2n) is 4.23. The van der Waals surface area contributed by atoms with Gasteiger partial charge in [-0.05, 0) is 19.8 Å². The van der Waals surface area contributed by atoms with E-state index in [9.17, 15) is 0 Å². The van der Waals surface area contributed by atoms with Gasteiger partial charge >= 0.3 is 0 Å². The maximum atomic E-state index is 6.24. The molecule has 0 saturated carbocycles. The van der Waals surface area contributed by atoms with E-state index in [0.717, 1.165) is 25.1 Å². The SMILES string of the molecule is CCCn1nncc1C(N)C(C)(CC)OC. The quantitative estimate of drug-likeness (QED) is 0.798. The Bertz CT molecular complexity index is 320. The van der Waals surface area contributed by atoms with E-state index in [1.54, 1.807) is 13.3 Å². The van der Waals surface area contributed by atoms with Crippen molar-refractivity contribution in [3.8, 4) is 0 Å². The number of hydrogen-bond donors (Lipinski definition) is 1. The molecule has 1 aromatic rings. The average Bonchev–Trinajstić information content (AvgIpc) is 2.75. The number of methoxy groups -OCH3 is 1. The zero-order chi connectivity index (χ0) is 12.2. The lowest BCUT2D eigenvalue weighted by Gasteiger charge is -2.33. The molecule has 2 unspecified atom stereocenters. The number of nitrogens with two attached hydrogens (primary N) is 1. The first-order valence-electron chi connectivity index (χ1n) is 5.78. The highest BCUT2D eigenvalue weighted by atomic mass is 16.5. The summed E-state index contributed by atoms with van der Waals surface area (Å²) in [5.41, 5.74) is 6.81. The van der Waals surface area contributed by atoms with Gasteiger partial charge in [0.25, 0.3) is 0 Å². The van der Waals surface area contributed by atoms with E-state index >= 15 is 0 Å². The molecule has 0 bridgehead atoms. The van der Waals surface area contributed by atoms with Crippen LogP contribution in [-0.2, 0) is 11.3 Å². The van der Waals surface area contributed by atoms with E-state index in [2.05, 4.69) is 24.2 Å². The van der Waals surface area contributed by atoms with Crippen LogP contribution in [0, 0.1) is 0 Å². The third kappa shape index (κ3) is 2.41. The predicted molar refractivity (Wildman–Crippen MR) is 62.9 cm³/mol. The summed E-state index contributed by atoms with van der Waals surface area (Å²) in [5, 5.41) is 7.96. The van der Waals surface area contributed by atoms with Gasteiger partial charge in [0.1, 0.15) is 0 Å². The Balaban J connectivity index is 2.94. The number of aromatic nitrogens is 3. The Labute approximate surface area is 97.0 Å². The van der Waals surface area contributed by atoms with Crippen molar-refractivity contribution < 1.29 is 4.74 Å². The first kappa shape index (κ1) is 13.1. The zero-order valence-electron chi connectivity index (χ0n) is 10.6. The van der Waals surface area contributed by atoms with Crippen LogP contribution in [0.3, 0.4) is 0 Å².